The Morgan fingerprint density at radius 1 is 0.516 bits per heavy atom. The number of imidazole rings is 1. The van der Waals surface area contributed by atoms with Crippen LogP contribution in [-0.2, 0) is 0 Å². The molecule has 0 amide bonds. The SMILES string of the molecule is c1ccc2nc(-c3ccc4c(c3)c3ccccc3c3nc5ccccc5n43)ccc2c1. The minimum Gasteiger partial charge on any atom is -0.292 e. The van der Waals surface area contributed by atoms with Crippen LogP contribution in [0.2, 0.25) is 0 Å². The fourth-order valence-corrected chi connectivity index (χ4v) is 4.70. The summed E-state index contributed by atoms with van der Waals surface area (Å²) < 4.78 is 2.28. The fourth-order valence-electron chi connectivity index (χ4n) is 4.70. The Balaban J connectivity index is 1.61. The molecule has 3 heterocycles. The molecule has 144 valence electrons. The van der Waals surface area contributed by atoms with Crippen molar-refractivity contribution in [2.45, 2.75) is 0 Å². The molecule has 3 aromatic heterocycles. The van der Waals surface area contributed by atoms with E-state index in [4.69, 9.17) is 9.97 Å². The van der Waals surface area contributed by atoms with Crippen LogP contribution in [0.5, 0.6) is 0 Å². The first-order valence-corrected chi connectivity index (χ1v) is 10.4. The van der Waals surface area contributed by atoms with E-state index in [1.54, 1.807) is 0 Å². The number of pyridine rings is 2. The number of para-hydroxylation sites is 3. The number of aromatic nitrogens is 3. The second-order valence-corrected chi connectivity index (χ2v) is 7.93. The number of fused-ring (bicyclic) bond motifs is 9. The van der Waals surface area contributed by atoms with Gasteiger partial charge >= 0.3 is 0 Å². The maximum atomic E-state index is 4.96. The minimum atomic E-state index is 0.986. The van der Waals surface area contributed by atoms with E-state index < -0.39 is 0 Å². The smallest absolute Gasteiger partial charge is 0.146 e. The zero-order valence-electron chi connectivity index (χ0n) is 16.7. The highest BCUT2D eigenvalue weighted by Crippen LogP contribution is 2.34. The first-order chi connectivity index (χ1) is 15.4. The van der Waals surface area contributed by atoms with Gasteiger partial charge in [-0.3, -0.25) is 4.40 Å². The normalized spacial score (nSPS) is 11.9. The van der Waals surface area contributed by atoms with Crippen molar-refractivity contribution in [3.05, 3.63) is 103 Å². The van der Waals surface area contributed by atoms with Crippen molar-refractivity contribution in [1.29, 1.82) is 0 Å². The molecule has 0 spiro atoms. The van der Waals surface area contributed by atoms with Gasteiger partial charge in [-0.05, 0) is 41.8 Å². The number of benzene rings is 4. The lowest BCUT2D eigenvalue weighted by Crippen LogP contribution is -1.92. The molecule has 0 atom stereocenters. The van der Waals surface area contributed by atoms with Crippen LogP contribution in [0.15, 0.2) is 103 Å². The van der Waals surface area contributed by atoms with E-state index >= 15 is 0 Å². The van der Waals surface area contributed by atoms with Crippen LogP contribution in [0.1, 0.15) is 0 Å². The largest absolute Gasteiger partial charge is 0.292 e. The second-order valence-electron chi connectivity index (χ2n) is 7.93. The van der Waals surface area contributed by atoms with E-state index in [1.165, 1.54) is 10.8 Å². The van der Waals surface area contributed by atoms with Gasteiger partial charge in [-0.25, -0.2) is 9.97 Å². The molecule has 0 radical (unpaired) electrons. The summed E-state index contributed by atoms with van der Waals surface area (Å²) in [5, 5.41) is 4.74. The molecule has 0 N–H and O–H groups in total. The van der Waals surface area contributed by atoms with Crippen molar-refractivity contribution in [2.24, 2.45) is 0 Å². The fraction of sp³-hybridized carbons (Fsp3) is 0. The Bertz CT molecular complexity index is 1790. The molecule has 0 aliphatic rings. The van der Waals surface area contributed by atoms with E-state index in [2.05, 4.69) is 89.3 Å². The Morgan fingerprint density at radius 3 is 2.23 bits per heavy atom. The maximum Gasteiger partial charge on any atom is 0.146 e. The van der Waals surface area contributed by atoms with Crippen LogP contribution in [0.4, 0.5) is 0 Å². The summed E-state index contributed by atoms with van der Waals surface area (Å²) in [5.74, 6) is 0. The van der Waals surface area contributed by atoms with Crippen LogP contribution in [0, 0.1) is 0 Å². The molecule has 0 unspecified atom stereocenters. The van der Waals surface area contributed by atoms with Crippen LogP contribution in [-0.4, -0.2) is 14.4 Å². The summed E-state index contributed by atoms with van der Waals surface area (Å²) >= 11 is 0. The van der Waals surface area contributed by atoms with Gasteiger partial charge in [0.2, 0.25) is 0 Å². The molecular weight excluding hydrogens is 378 g/mol. The third-order valence-corrected chi connectivity index (χ3v) is 6.15. The Kier molecular flexibility index (Phi) is 3.27. The molecular formula is C28H17N3. The van der Waals surface area contributed by atoms with Crippen LogP contribution < -0.4 is 0 Å². The molecule has 0 aliphatic carbocycles. The number of rotatable bonds is 1. The molecule has 0 saturated carbocycles. The first kappa shape index (κ1) is 16.5. The van der Waals surface area contributed by atoms with Crippen LogP contribution >= 0.6 is 0 Å². The quantitative estimate of drug-likeness (QED) is 0.280. The third kappa shape index (κ3) is 2.34. The van der Waals surface area contributed by atoms with Crippen molar-refractivity contribution in [3.63, 3.8) is 0 Å². The van der Waals surface area contributed by atoms with Crippen LogP contribution in [0.25, 0.3) is 60.5 Å². The number of nitrogens with zero attached hydrogens (tertiary/aromatic N) is 3. The summed E-state index contributed by atoms with van der Waals surface area (Å²) in [4.78, 5) is 9.87. The minimum absolute atomic E-state index is 0.986. The Hall–Kier alpha value is -4.24. The highest BCUT2D eigenvalue weighted by atomic mass is 15.0. The van der Waals surface area contributed by atoms with E-state index in [-0.39, 0.29) is 0 Å². The van der Waals surface area contributed by atoms with Crippen LogP contribution in [0.3, 0.4) is 0 Å². The monoisotopic (exact) mass is 395 g/mol. The van der Waals surface area contributed by atoms with E-state index in [1.807, 2.05) is 18.2 Å². The summed E-state index contributed by atoms with van der Waals surface area (Å²) in [7, 11) is 0. The number of hydrogen-bond acceptors (Lipinski definition) is 2. The van der Waals surface area contributed by atoms with Gasteiger partial charge in [-0.1, -0.05) is 66.7 Å². The predicted octanol–water partition coefficient (Wildman–Crippen LogP) is 7.01. The van der Waals surface area contributed by atoms with Crippen molar-refractivity contribution < 1.29 is 0 Å². The summed E-state index contributed by atoms with van der Waals surface area (Å²) in [6, 6.07) is 36.0. The summed E-state index contributed by atoms with van der Waals surface area (Å²) in [5.41, 5.74) is 7.42. The average Bonchev–Trinajstić information content (AvgIpc) is 3.24. The highest BCUT2D eigenvalue weighted by Gasteiger charge is 2.14. The molecule has 7 aromatic rings. The highest BCUT2D eigenvalue weighted by molar-refractivity contribution is 6.14. The zero-order valence-corrected chi connectivity index (χ0v) is 16.7. The van der Waals surface area contributed by atoms with Gasteiger partial charge in [0.05, 0.1) is 27.8 Å². The third-order valence-electron chi connectivity index (χ3n) is 6.15. The van der Waals surface area contributed by atoms with Gasteiger partial charge in [-0.2, -0.15) is 0 Å². The lowest BCUT2D eigenvalue weighted by Gasteiger charge is -2.11. The van der Waals surface area contributed by atoms with Crippen molar-refractivity contribution >= 4 is 49.3 Å². The topological polar surface area (TPSA) is 30.2 Å². The van der Waals surface area contributed by atoms with Crippen molar-refractivity contribution in [1.82, 2.24) is 14.4 Å². The van der Waals surface area contributed by atoms with Crippen molar-refractivity contribution in [2.75, 3.05) is 0 Å². The lowest BCUT2D eigenvalue weighted by atomic mass is 10.0. The zero-order chi connectivity index (χ0) is 20.4. The molecule has 4 aromatic carbocycles. The molecule has 31 heavy (non-hydrogen) atoms. The molecule has 3 nitrogen and oxygen atoms in total. The lowest BCUT2D eigenvalue weighted by molar-refractivity contribution is 1.31. The summed E-state index contributed by atoms with van der Waals surface area (Å²) in [6.07, 6.45) is 0. The Labute approximate surface area is 178 Å². The molecule has 3 heteroatoms. The average molecular weight is 395 g/mol. The summed E-state index contributed by atoms with van der Waals surface area (Å²) in [6.45, 7) is 0. The first-order valence-electron chi connectivity index (χ1n) is 10.4. The number of hydrogen-bond donors (Lipinski definition) is 0. The Morgan fingerprint density at radius 2 is 1.29 bits per heavy atom. The molecule has 0 aliphatic heterocycles. The van der Waals surface area contributed by atoms with Gasteiger partial charge < -0.3 is 0 Å². The second kappa shape index (κ2) is 6.13. The standard InChI is InChI=1S/C28H17N3/c1-4-10-23-18(7-1)13-15-24(29-23)19-14-16-26-22(17-19)20-8-2-3-9-21(20)28-30-25-11-5-6-12-27(25)31(26)28/h1-17H. The van der Waals surface area contributed by atoms with Gasteiger partial charge in [0.1, 0.15) is 5.65 Å². The predicted molar refractivity (Wildman–Crippen MR) is 128 cm³/mol. The van der Waals surface area contributed by atoms with Gasteiger partial charge in [-0.15, -0.1) is 0 Å². The van der Waals surface area contributed by atoms with Gasteiger partial charge in [0, 0.05) is 21.7 Å². The van der Waals surface area contributed by atoms with Gasteiger partial charge in [0.15, 0.2) is 0 Å². The molecule has 0 bridgehead atoms. The van der Waals surface area contributed by atoms with Crippen molar-refractivity contribution in [3.8, 4) is 11.3 Å². The van der Waals surface area contributed by atoms with E-state index in [0.717, 1.165) is 49.7 Å². The molecule has 7 rings (SSSR count). The van der Waals surface area contributed by atoms with Gasteiger partial charge in [0.25, 0.3) is 0 Å². The maximum absolute atomic E-state index is 4.96. The molecule has 0 saturated heterocycles. The van der Waals surface area contributed by atoms with E-state index in [9.17, 15) is 0 Å². The molecule has 0 fully saturated rings. The van der Waals surface area contributed by atoms with E-state index in [0.29, 0.717) is 0 Å².